The van der Waals surface area contributed by atoms with Crippen LogP contribution in [0.5, 0.6) is 0 Å². The molecular weight excluding hydrogens is 433 g/mol. The number of halogens is 1. The number of carbonyl (C=O) groups excluding carboxylic acids is 1. The second kappa shape index (κ2) is 9.71. The van der Waals surface area contributed by atoms with E-state index in [0.29, 0.717) is 6.42 Å². The molecule has 1 heterocycles. The zero-order valence-electron chi connectivity index (χ0n) is 19.2. The van der Waals surface area contributed by atoms with Crippen LogP contribution in [0.15, 0.2) is 64.6 Å². The molecule has 0 saturated heterocycles. The van der Waals surface area contributed by atoms with Gasteiger partial charge in [-0.25, -0.2) is 9.38 Å². The number of aliphatic imine (C=N–C) groups is 2. The Balaban J connectivity index is 1.59. The number of thioether (sulfide) groups is 1. The smallest absolute Gasteiger partial charge is 0.234 e. The number of hydrogen-bond donors (Lipinski definition) is 1. The number of benzene rings is 3. The Morgan fingerprint density at radius 3 is 2.15 bits per heavy atom. The molecule has 1 amide bonds. The molecule has 0 aromatic heterocycles. The number of hydrogen-bond acceptors (Lipinski definition) is 4. The fraction of sp³-hybridized carbons (Fsp3) is 0.222. The van der Waals surface area contributed by atoms with Crippen molar-refractivity contribution in [3.05, 3.63) is 88.2 Å². The van der Waals surface area contributed by atoms with Crippen LogP contribution < -0.4 is 5.32 Å². The summed E-state index contributed by atoms with van der Waals surface area (Å²) >= 11 is 1.41. The molecule has 0 bridgehead atoms. The Labute approximate surface area is 198 Å². The molecule has 1 N–H and O–H groups in total. The van der Waals surface area contributed by atoms with Crippen molar-refractivity contribution in [3.8, 4) is 0 Å². The van der Waals surface area contributed by atoms with Crippen LogP contribution in [0.4, 0.5) is 21.5 Å². The van der Waals surface area contributed by atoms with E-state index in [2.05, 4.69) is 5.32 Å². The molecule has 3 aromatic rings. The summed E-state index contributed by atoms with van der Waals surface area (Å²) in [5.74, 6) is -0.125. The van der Waals surface area contributed by atoms with Gasteiger partial charge in [-0.05, 0) is 79.8 Å². The molecule has 1 aliphatic heterocycles. The number of nitrogens with one attached hydrogen (secondary N) is 1. The molecular formula is C27H26FN3OS. The van der Waals surface area contributed by atoms with Crippen molar-refractivity contribution >= 4 is 45.5 Å². The standard InChI is InChI=1S/C27H26FN3OS/c1-16-6-5-7-17(2)27(16)31-25(32)15-33-26-14-22(20-8-10-21(28)11-9-20)29-23-12-18(3)19(4)13-24(23)30-26/h5-13H,14-15H2,1-4H3,(H,31,32). The average Bonchev–Trinajstić information content (AvgIpc) is 2.95. The van der Waals surface area contributed by atoms with Gasteiger partial charge in [0.2, 0.25) is 5.91 Å². The predicted octanol–water partition coefficient (Wildman–Crippen LogP) is 6.99. The van der Waals surface area contributed by atoms with Crippen molar-refractivity contribution in [1.82, 2.24) is 0 Å². The molecule has 168 valence electrons. The van der Waals surface area contributed by atoms with Crippen molar-refractivity contribution < 1.29 is 9.18 Å². The highest BCUT2D eigenvalue weighted by Gasteiger charge is 2.18. The zero-order chi connectivity index (χ0) is 23.5. The summed E-state index contributed by atoms with van der Waals surface area (Å²) in [6, 6.07) is 16.3. The Kier molecular flexibility index (Phi) is 6.75. The van der Waals surface area contributed by atoms with Crippen molar-refractivity contribution in [3.63, 3.8) is 0 Å². The first-order chi connectivity index (χ1) is 15.8. The third-order valence-corrected chi connectivity index (χ3v) is 6.68. The van der Waals surface area contributed by atoms with Gasteiger partial charge in [-0.1, -0.05) is 30.3 Å². The normalized spacial score (nSPS) is 13.0. The van der Waals surface area contributed by atoms with Crippen molar-refractivity contribution in [2.45, 2.75) is 34.1 Å². The van der Waals surface area contributed by atoms with Crippen molar-refractivity contribution in [2.24, 2.45) is 9.98 Å². The summed E-state index contributed by atoms with van der Waals surface area (Å²) in [5, 5.41) is 3.83. The molecule has 3 aromatic carbocycles. The summed E-state index contributed by atoms with van der Waals surface area (Å²) in [4.78, 5) is 22.5. The lowest BCUT2D eigenvalue weighted by atomic mass is 10.1. The highest BCUT2D eigenvalue weighted by Crippen LogP contribution is 2.36. The van der Waals surface area contributed by atoms with E-state index in [1.165, 1.54) is 23.9 Å². The first kappa shape index (κ1) is 22.9. The van der Waals surface area contributed by atoms with Crippen molar-refractivity contribution in [2.75, 3.05) is 11.1 Å². The van der Waals surface area contributed by atoms with Crippen LogP contribution in [0.3, 0.4) is 0 Å². The molecule has 33 heavy (non-hydrogen) atoms. The number of para-hydroxylation sites is 1. The SMILES string of the molecule is Cc1cc2c(cc1C)N=C(c1ccc(F)cc1)CC(SCC(=O)Nc1c(C)cccc1C)=N2. The summed E-state index contributed by atoms with van der Waals surface area (Å²) in [6.45, 7) is 8.06. The fourth-order valence-electron chi connectivity index (χ4n) is 3.70. The second-order valence-electron chi connectivity index (χ2n) is 8.28. The number of rotatable bonds is 4. The molecule has 0 saturated carbocycles. The molecule has 0 unspecified atom stereocenters. The third kappa shape index (κ3) is 5.40. The van der Waals surface area contributed by atoms with Gasteiger partial charge in [0, 0.05) is 12.1 Å². The highest BCUT2D eigenvalue weighted by atomic mass is 32.2. The van der Waals surface area contributed by atoms with Crippen LogP contribution in [-0.4, -0.2) is 22.4 Å². The van der Waals surface area contributed by atoms with Gasteiger partial charge in [-0.15, -0.1) is 11.8 Å². The van der Waals surface area contributed by atoms with E-state index in [1.54, 1.807) is 12.1 Å². The lowest BCUT2D eigenvalue weighted by molar-refractivity contribution is -0.113. The molecule has 0 radical (unpaired) electrons. The third-order valence-electron chi connectivity index (χ3n) is 5.70. The predicted molar refractivity (Wildman–Crippen MR) is 137 cm³/mol. The molecule has 0 atom stereocenters. The maximum absolute atomic E-state index is 13.5. The number of nitrogens with zero attached hydrogens (tertiary/aromatic N) is 2. The van der Waals surface area contributed by atoms with Crippen molar-refractivity contribution in [1.29, 1.82) is 0 Å². The van der Waals surface area contributed by atoms with E-state index in [9.17, 15) is 9.18 Å². The Morgan fingerprint density at radius 2 is 1.52 bits per heavy atom. The number of carbonyl (C=O) groups is 1. The van der Waals surface area contributed by atoms with Gasteiger partial charge in [0.1, 0.15) is 5.82 Å². The van der Waals surface area contributed by atoms with E-state index in [1.807, 2.05) is 58.0 Å². The number of amides is 1. The van der Waals surface area contributed by atoms with Gasteiger partial charge in [-0.3, -0.25) is 9.79 Å². The zero-order valence-corrected chi connectivity index (χ0v) is 20.0. The second-order valence-corrected chi connectivity index (χ2v) is 9.33. The summed E-state index contributed by atoms with van der Waals surface area (Å²) < 4.78 is 13.5. The Bertz CT molecular complexity index is 1260. The van der Waals surface area contributed by atoms with Gasteiger partial charge in [0.15, 0.2) is 0 Å². The van der Waals surface area contributed by atoms with E-state index in [-0.39, 0.29) is 17.5 Å². The van der Waals surface area contributed by atoms with Gasteiger partial charge < -0.3 is 5.32 Å². The minimum absolute atomic E-state index is 0.0788. The van der Waals surface area contributed by atoms with E-state index in [4.69, 9.17) is 9.98 Å². The molecule has 0 fully saturated rings. The molecule has 1 aliphatic rings. The van der Waals surface area contributed by atoms with Gasteiger partial charge in [0.25, 0.3) is 0 Å². The van der Waals surface area contributed by atoms with Gasteiger partial charge in [-0.2, -0.15) is 0 Å². The van der Waals surface area contributed by atoms with E-state index >= 15 is 0 Å². The number of anilines is 1. The van der Waals surface area contributed by atoms with Crippen LogP contribution in [0.2, 0.25) is 0 Å². The number of fused-ring (bicyclic) bond motifs is 1. The van der Waals surface area contributed by atoms with Crippen LogP contribution in [0, 0.1) is 33.5 Å². The molecule has 4 rings (SSSR count). The average molecular weight is 460 g/mol. The molecule has 4 nitrogen and oxygen atoms in total. The van der Waals surface area contributed by atoms with Gasteiger partial charge in [0.05, 0.1) is 27.9 Å². The minimum atomic E-state index is -0.286. The van der Waals surface area contributed by atoms with E-state index < -0.39 is 0 Å². The van der Waals surface area contributed by atoms with Crippen LogP contribution in [0.25, 0.3) is 0 Å². The molecule has 0 aliphatic carbocycles. The minimum Gasteiger partial charge on any atom is -0.325 e. The molecule has 0 spiro atoms. The topological polar surface area (TPSA) is 53.8 Å². The first-order valence-corrected chi connectivity index (χ1v) is 11.8. The fourth-order valence-corrected chi connectivity index (χ4v) is 4.47. The highest BCUT2D eigenvalue weighted by molar-refractivity contribution is 8.14. The van der Waals surface area contributed by atoms with Crippen LogP contribution in [-0.2, 0) is 4.79 Å². The summed E-state index contributed by atoms with van der Waals surface area (Å²) in [5.41, 5.74) is 8.41. The number of aryl methyl sites for hydroxylation is 4. The Morgan fingerprint density at radius 1 is 0.909 bits per heavy atom. The van der Waals surface area contributed by atoms with E-state index in [0.717, 1.165) is 55.6 Å². The first-order valence-electron chi connectivity index (χ1n) is 10.8. The maximum atomic E-state index is 13.5. The maximum Gasteiger partial charge on any atom is 0.234 e. The summed E-state index contributed by atoms with van der Waals surface area (Å²) in [6.07, 6.45) is 0.472. The Hall–Kier alpha value is -3.25. The summed E-state index contributed by atoms with van der Waals surface area (Å²) in [7, 11) is 0. The lowest BCUT2D eigenvalue weighted by Crippen LogP contribution is -2.17. The van der Waals surface area contributed by atoms with Crippen LogP contribution >= 0.6 is 11.8 Å². The van der Waals surface area contributed by atoms with Gasteiger partial charge >= 0.3 is 0 Å². The monoisotopic (exact) mass is 459 g/mol. The largest absolute Gasteiger partial charge is 0.325 e. The molecule has 6 heteroatoms. The lowest BCUT2D eigenvalue weighted by Gasteiger charge is -2.12. The van der Waals surface area contributed by atoms with Crippen LogP contribution in [0.1, 0.15) is 34.2 Å². The quantitative estimate of drug-likeness (QED) is 0.457.